The van der Waals surface area contributed by atoms with Crippen LogP contribution >= 0.6 is 11.6 Å². The molecule has 6 aromatic rings. The Labute approximate surface area is 215 Å². The van der Waals surface area contributed by atoms with Crippen molar-refractivity contribution in [2.75, 3.05) is 0 Å². The van der Waals surface area contributed by atoms with Gasteiger partial charge in [0, 0.05) is 29.0 Å². The van der Waals surface area contributed by atoms with Crippen LogP contribution in [0.15, 0.2) is 107 Å². The lowest BCUT2D eigenvalue weighted by Gasteiger charge is -2.17. The summed E-state index contributed by atoms with van der Waals surface area (Å²) >= 11 is 5.93. The summed E-state index contributed by atoms with van der Waals surface area (Å²) in [4.78, 5) is 22.1. The number of aromatic nitrogens is 5. The quantitative estimate of drug-likeness (QED) is 0.257. The predicted octanol–water partition coefficient (Wildman–Crippen LogP) is 4.14. The summed E-state index contributed by atoms with van der Waals surface area (Å²) in [6.45, 7) is 0.217. The Bertz CT molecular complexity index is 1800. The van der Waals surface area contributed by atoms with Gasteiger partial charge in [0.2, 0.25) is 5.82 Å². The van der Waals surface area contributed by atoms with E-state index in [0.717, 1.165) is 11.1 Å². The van der Waals surface area contributed by atoms with E-state index in [1.165, 1.54) is 4.40 Å². The van der Waals surface area contributed by atoms with Gasteiger partial charge in [-0.25, -0.2) is 14.3 Å². The molecule has 6 rings (SSSR count). The first-order chi connectivity index (χ1) is 18.1. The highest BCUT2D eigenvalue weighted by molar-refractivity contribution is 6.29. The molecule has 0 amide bonds. The largest absolute Gasteiger partial charge is 0.842 e. The number of hydrogen-bond donors (Lipinski definition) is 0. The number of hydrogen-bond acceptors (Lipinski definition) is 6. The minimum Gasteiger partial charge on any atom is -0.842 e. The van der Waals surface area contributed by atoms with E-state index in [9.17, 15) is 9.90 Å². The Morgan fingerprint density at radius 3 is 2.51 bits per heavy atom. The zero-order chi connectivity index (χ0) is 25.4. The second-order valence-electron chi connectivity index (χ2n) is 8.36. The van der Waals surface area contributed by atoms with Crippen LogP contribution in [-0.4, -0.2) is 19.5 Å². The van der Waals surface area contributed by atoms with Gasteiger partial charge in [-0.2, -0.15) is 9.38 Å². The van der Waals surface area contributed by atoms with Crippen LogP contribution in [0.25, 0.3) is 39.6 Å². The van der Waals surface area contributed by atoms with E-state index >= 15 is 0 Å². The smallest absolute Gasteiger partial charge is 0.349 e. The highest BCUT2D eigenvalue weighted by atomic mass is 35.5. The Morgan fingerprint density at radius 2 is 1.70 bits per heavy atom. The maximum atomic E-state index is 13.8. The normalized spacial score (nSPS) is 11.2. The van der Waals surface area contributed by atoms with Gasteiger partial charge in [-0.05, 0) is 35.9 Å². The summed E-state index contributed by atoms with van der Waals surface area (Å²) in [6.07, 6.45) is 3.26. The molecule has 0 saturated heterocycles. The van der Waals surface area contributed by atoms with Crippen molar-refractivity contribution in [2.45, 2.75) is 6.54 Å². The number of halogens is 1. The van der Waals surface area contributed by atoms with Crippen LogP contribution in [0.1, 0.15) is 5.56 Å². The SMILES string of the molecule is O=c1c(-c2cccc(-c3noc(-c4ccccc4)n3)c2)c([O-])[n+](Cc2ccc(Cl)nc2)c2ccccn12. The molecule has 0 N–H and O–H groups in total. The second kappa shape index (κ2) is 9.33. The van der Waals surface area contributed by atoms with E-state index in [4.69, 9.17) is 16.1 Å². The summed E-state index contributed by atoms with van der Waals surface area (Å²) < 4.78 is 8.46. The zero-order valence-electron chi connectivity index (χ0n) is 19.3. The van der Waals surface area contributed by atoms with Crippen molar-refractivity contribution < 1.29 is 14.2 Å². The first-order valence-electron chi connectivity index (χ1n) is 11.4. The van der Waals surface area contributed by atoms with E-state index < -0.39 is 11.4 Å². The molecule has 0 bridgehead atoms. The molecule has 0 aliphatic rings. The Balaban J connectivity index is 1.47. The molecule has 0 unspecified atom stereocenters. The lowest BCUT2D eigenvalue weighted by atomic mass is 10.0. The number of benzene rings is 2. The summed E-state index contributed by atoms with van der Waals surface area (Å²) in [7, 11) is 0. The molecule has 9 heteroatoms. The molecule has 180 valence electrons. The number of nitrogens with zero attached hydrogens (tertiary/aromatic N) is 5. The van der Waals surface area contributed by atoms with Gasteiger partial charge in [0.25, 0.3) is 11.5 Å². The Hall–Kier alpha value is -4.82. The Kier molecular flexibility index (Phi) is 5.71. The lowest BCUT2D eigenvalue weighted by molar-refractivity contribution is -0.708. The first kappa shape index (κ1) is 22.6. The van der Waals surface area contributed by atoms with E-state index in [-0.39, 0.29) is 12.1 Å². The van der Waals surface area contributed by atoms with Crippen LogP contribution in [0.5, 0.6) is 5.88 Å². The molecule has 4 aromatic heterocycles. The number of rotatable bonds is 5. The van der Waals surface area contributed by atoms with Gasteiger partial charge in [0.05, 0.1) is 12.1 Å². The highest BCUT2D eigenvalue weighted by Crippen LogP contribution is 2.28. The lowest BCUT2D eigenvalue weighted by Crippen LogP contribution is -2.44. The standard InChI is InChI=1S/C28H18ClN5O3/c29-22-13-12-18(16-30-22)17-34-23-11-4-5-14-33(23)27(35)24(28(34)36)20-9-6-10-21(15-20)25-31-26(37-32-25)19-7-2-1-3-8-19/h1-16H,17H2. The van der Waals surface area contributed by atoms with Gasteiger partial charge in [-0.15, -0.1) is 0 Å². The monoisotopic (exact) mass is 507 g/mol. The van der Waals surface area contributed by atoms with Crippen molar-refractivity contribution in [3.05, 3.63) is 118 Å². The third-order valence-corrected chi connectivity index (χ3v) is 6.22. The zero-order valence-corrected chi connectivity index (χ0v) is 20.0. The molecular formula is C28H18ClN5O3. The van der Waals surface area contributed by atoms with Crippen molar-refractivity contribution in [3.8, 4) is 39.8 Å². The molecule has 0 aliphatic heterocycles. The number of fused-ring (bicyclic) bond motifs is 1. The average molecular weight is 508 g/mol. The number of pyridine rings is 2. The van der Waals surface area contributed by atoms with Gasteiger partial charge in [-0.3, -0.25) is 0 Å². The van der Waals surface area contributed by atoms with E-state index in [2.05, 4.69) is 15.1 Å². The molecule has 0 atom stereocenters. The molecule has 0 radical (unpaired) electrons. The van der Waals surface area contributed by atoms with Crippen molar-refractivity contribution in [2.24, 2.45) is 0 Å². The maximum absolute atomic E-state index is 13.8. The van der Waals surface area contributed by atoms with Crippen molar-refractivity contribution in [1.29, 1.82) is 0 Å². The van der Waals surface area contributed by atoms with E-state index in [1.807, 2.05) is 30.3 Å². The van der Waals surface area contributed by atoms with Crippen LogP contribution in [-0.2, 0) is 6.54 Å². The van der Waals surface area contributed by atoms with Gasteiger partial charge in [0.1, 0.15) is 17.3 Å². The summed E-state index contributed by atoms with van der Waals surface area (Å²) in [5.74, 6) is 0.321. The van der Waals surface area contributed by atoms with Gasteiger partial charge in [0.15, 0.2) is 0 Å². The fourth-order valence-electron chi connectivity index (χ4n) is 4.21. The minimum absolute atomic E-state index is 0.0410. The van der Waals surface area contributed by atoms with Crippen molar-refractivity contribution in [1.82, 2.24) is 19.5 Å². The fraction of sp³-hybridized carbons (Fsp3) is 0.0357. The molecule has 0 aliphatic carbocycles. The van der Waals surface area contributed by atoms with Gasteiger partial charge in [-0.1, -0.05) is 65.3 Å². The molecule has 8 nitrogen and oxygen atoms in total. The molecule has 0 saturated carbocycles. The molecule has 0 fully saturated rings. The van der Waals surface area contributed by atoms with E-state index in [1.54, 1.807) is 71.6 Å². The minimum atomic E-state index is -0.415. The molecule has 37 heavy (non-hydrogen) atoms. The van der Waals surface area contributed by atoms with Crippen LogP contribution in [0.4, 0.5) is 0 Å². The predicted molar refractivity (Wildman–Crippen MR) is 136 cm³/mol. The topological polar surface area (TPSA) is 100 Å². The summed E-state index contributed by atoms with van der Waals surface area (Å²) in [6, 6.07) is 25.2. The molecule has 4 heterocycles. The van der Waals surface area contributed by atoms with Crippen LogP contribution in [0, 0.1) is 0 Å². The van der Waals surface area contributed by atoms with Crippen molar-refractivity contribution in [3.63, 3.8) is 0 Å². The fourth-order valence-corrected chi connectivity index (χ4v) is 4.32. The van der Waals surface area contributed by atoms with Crippen LogP contribution in [0.3, 0.4) is 0 Å². The summed E-state index contributed by atoms with van der Waals surface area (Å²) in [5.41, 5.74) is 2.74. The summed E-state index contributed by atoms with van der Waals surface area (Å²) in [5, 5.41) is 18.2. The maximum Gasteiger partial charge on any atom is 0.349 e. The third kappa shape index (κ3) is 4.23. The molecule has 2 aromatic carbocycles. The Morgan fingerprint density at radius 1 is 0.919 bits per heavy atom. The average Bonchev–Trinajstić information content (AvgIpc) is 3.44. The third-order valence-electron chi connectivity index (χ3n) is 5.99. The van der Waals surface area contributed by atoms with Gasteiger partial charge < -0.3 is 9.63 Å². The first-order valence-corrected chi connectivity index (χ1v) is 11.8. The second-order valence-corrected chi connectivity index (χ2v) is 8.75. The van der Waals surface area contributed by atoms with Crippen molar-refractivity contribution >= 4 is 17.2 Å². The molecule has 0 spiro atoms. The van der Waals surface area contributed by atoms with Crippen LogP contribution in [0.2, 0.25) is 5.15 Å². The van der Waals surface area contributed by atoms with Gasteiger partial charge >= 0.3 is 5.56 Å². The highest BCUT2D eigenvalue weighted by Gasteiger charge is 2.21. The van der Waals surface area contributed by atoms with E-state index in [0.29, 0.717) is 33.6 Å². The van der Waals surface area contributed by atoms with Crippen LogP contribution < -0.4 is 15.2 Å². The molecular weight excluding hydrogens is 490 g/mol.